The van der Waals surface area contributed by atoms with Crippen molar-refractivity contribution in [2.24, 2.45) is 0 Å². The lowest BCUT2D eigenvalue weighted by Crippen LogP contribution is -2.37. The summed E-state index contributed by atoms with van der Waals surface area (Å²) in [5.74, 6) is -0.00952. The lowest BCUT2D eigenvalue weighted by Gasteiger charge is -2.21. The first kappa shape index (κ1) is 12.4. The number of aliphatic hydroxyl groups excluding tert-OH is 1. The third-order valence-electron chi connectivity index (χ3n) is 3.00. The Morgan fingerprint density at radius 2 is 2.22 bits per heavy atom. The van der Waals surface area contributed by atoms with E-state index in [0.717, 1.165) is 5.39 Å². The van der Waals surface area contributed by atoms with Gasteiger partial charge in [-0.2, -0.15) is 0 Å². The summed E-state index contributed by atoms with van der Waals surface area (Å²) in [6.07, 6.45) is 0. The van der Waals surface area contributed by atoms with E-state index in [1.165, 1.54) is 4.90 Å². The normalized spacial score (nSPS) is 12.6. The first-order valence-electron chi connectivity index (χ1n) is 5.70. The molecule has 5 heteroatoms. The summed E-state index contributed by atoms with van der Waals surface area (Å²) in [5, 5.41) is 9.83. The molecule has 18 heavy (non-hydrogen) atoms. The van der Waals surface area contributed by atoms with Crippen LogP contribution in [0.3, 0.4) is 0 Å². The Morgan fingerprint density at radius 1 is 1.50 bits per heavy atom. The Bertz CT molecular complexity index is 577. The fraction of sp³-hybridized carbons (Fsp3) is 0.308. The van der Waals surface area contributed by atoms with Crippen LogP contribution in [-0.2, 0) is 0 Å². The van der Waals surface area contributed by atoms with Gasteiger partial charge in [0, 0.05) is 18.1 Å². The van der Waals surface area contributed by atoms with E-state index in [1.807, 2.05) is 0 Å². The van der Waals surface area contributed by atoms with E-state index < -0.39 is 0 Å². The highest BCUT2D eigenvalue weighted by molar-refractivity contribution is 5.96. The number of hydrogen-bond acceptors (Lipinski definition) is 4. The maximum absolute atomic E-state index is 12.1. The lowest BCUT2D eigenvalue weighted by molar-refractivity contribution is 0.0653. The van der Waals surface area contributed by atoms with Gasteiger partial charge in [-0.1, -0.05) is 0 Å². The fourth-order valence-electron chi connectivity index (χ4n) is 1.66. The van der Waals surface area contributed by atoms with Crippen LogP contribution in [0.1, 0.15) is 17.5 Å². The number of rotatable bonds is 3. The quantitative estimate of drug-likeness (QED) is 0.806. The van der Waals surface area contributed by atoms with Crippen LogP contribution in [-0.4, -0.2) is 35.6 Å². The summed E-state index contributed by atoms with van der Waals surface area (Å²) in [4.78, 5) is 13.5. The number of nitrogens with two attached hydrogens (primary N) is 1. The molecule has 1 amide bonds. The van der Waals surface area contributed by atoms with Crippen LogP contribution in [0.4, 0.5) is 5.69 Å². The molecule has 0 fully saturated rings. The van der Waals surface area contributed by atoms with E-state index in [4.69, 9.17) is 15.3 Å². The summed E-state index contributed by atoms with van der Waals surface area (Å²) in [5.41, 5.74) is 6.92. The minimum absolute atomic E-state index is 0.0879. The number of likely N-dealkylation sites (N-methyl/N-ethyl adjacent to an activating group) is 1. The smallest absolute Gasteiger partial charge is 0.289 e. The molecule has 2 rings (SSSR count). The fourth-order valence-corrected chi connectivity index (χ4v) is 1.66. The number of amides is 1. The lowest BCUT2D eigenvalue weighted by atomic mass is 10.2. The van der Waals surface area contributed by atoms with E-state index in [9.17, 15) is 4.79 Å². The van der Waals surface area contributed by atoms with E-state index in [1.54, 1.807) is 38.2 Å². The molecule has 1 heterocycles. The number of aliphatic hydroxyl groups is 1. The standard InChI is InChI=1S/C13H16N2O3/c1-8(7-16)15(2)13(17)12-6-9-5-10(14)3-4-11(9)18-12/h3-6,8,16H,7,14H2,1-2H3. The minimum Gasteiger partial charge on any atom is -0.451 e. The van der Waals surface area contributed by atoms with Gasteiger partial charge >= 0.3 is 0 Å². The maximum Gasteiger partial charge on any atom is 0.289 e. The number of anilines is 1. The summed E-state index contributed by atoms with van der Waals surface area (Å²) in [6, 6.07) is 6.62. The number of benzene rings is 1. The molecule has 0 saturated carbocycles. The molecule has 0 spiro atoms. The number of nitrogen functional groups attached to an aromatic ring is 1. The van der Waals surface area contributed by atoms with Crippen LogP contribution >= 0.6 is 0 Å². The van der Waals surface area contributed by atoms with Gasteiger partial charge in [-0.25, -0.2) is 0 Å². The summed E-state index contributed by atoms with van der Waals surface area (Å²) in [7, 11) is 1.63. The third kappa shape index (κ3) is 2.17. The molecule has 0 radical (unpaired) electrons. The largest absolute Gasteiger partial charge is 0.451 e. The monoisotopic (exact) mass is 248 g/mol. The Balaban J connectivity index is 2.33. The summed E-state index contributed by atoms with van der Waals surface area (Å²) >= 11 is 0. The van der Waals surface area contributed by atoms with E-state index in [0.29, 0.717) is 11.3 Å². The highest BCUT2D eigenvalue weighted by atomic mass is 16.3. The Hall–Kier alpha value is -2.01. The molecular weight excluding hydrogens is 232 g/mol. The number of nitrogens with zero attached hydrogens (tertiary/aromatic N) is 1. The van der Waals surface area contributed by atoms with Crippen LogP contribution in [0.2, 0.25) is 0 Å². The van der Waals surface area contributed by atoms with Crippen LogP contribution < -0.4 is 5.73 Å². The summed E-state index contributed by atoms with van der Waals surface area (Å²) in [6.45, 7) is 1.67. The predicted molar refractivity (Wildman–Crippen MR) is 69.3 cm³/mol. The van der Waals surface area contributed by atoms with Gasteiger partial charge in [0.05, 0.1) is 12.6 Å². The van der Waals surface area contributed by atoms with Crippen molar-refractivity contribution in [1.29, 1.82) is 0 Å². The highest BCUT2D eigenvalue weighted by Gasteiger charge is 2.20. The minimum atomic E-state index is -0.258. The molecule has 0 saturated heterocycles. The molecule has 2 aromatic rings. The Morgan fingerprint density at radius 3 is 2.89 bits per heavy atom. The van der Waals surface area contributed by atoms with Crippen molar-refractivity contribution in [3.8, 4) is 0 Å². The molecule has 0 aliphatic carbocycles. The first-order valence-corrected chi connectivity index (χ1v) is 5.70. The predicted octanol–water partition coefficient (Wildman–Crippen LogP) is 1.47. The second-order valence-corrected chi connectivity index (χ2v) is 4.36. The van der Waals surface area contributed by atoms with Crippen molar-refractivity contribution in [2.45, 2.75) is 13.0 Å². The highest BCUT2D eigenvalue weighted by Crippen LogP contribution is 2.22. The third-order valence-corrected chi connectivity index (χ3v) is 3.00. The van der Waals surface area contributed by atoms with Gasteiger partial charge in [-0.15, -0.1) is 0 Å². The van der Waals surface area contributed by atoms with Crippen LogP contribution in [0.5, 0.6) is 0 Å². The van der Waals surface area contributed by atoms with Crippen molar-refractivity contribution in [3.05, 3.63) is 30.0 Å². The average Bonchev–Trinajstić information content (AvgIpc) is 2.78. The second-order valence-electron chi connectivity index (χ2n) is 4.36. The molecule has 96 valence electrons. The molecule has 1 unspecified atom stereocenters. The van der Waals surface area contributed by atoms with Crippen LogP contribution in [0, 0.1) is 0 Å². The van der Waals surface area contributed by atoms with Crippen molar-refractivity contribution in [1.82, 2.24) is 4.90 Å². The molecule has 3 N–H and O–H groups in total. The van der Waals surface area contributed by atoms with Gasteiger partial charge in [0.25, 0.3) is 5.91 Å². The van der Waals surface area contributed by atoms with Gasteiger partial charge in [0.2, 0.25) is 0 Å². The molecule has 0 bridgehead atoms. The Kier molecular flexibility index (Phi) is 3.25. The molecule has 1 aromatic carbocycles. The number of carbonyl (C=O) groups is 1. The first-order chi connectivity index (χ1) is 8.52. The zero-order valence-electron chi connectivity index (χ0n) is 10.4. The van der Waals surface area contributed by atoms with Crippen molar-refractivity contribution in [2.75, 3.05) is 19.4 Å². The molecule has 0 aliphatic rings. The van der Waals surface area contributed by atoms with Gasteiger partial charge < -0.3 is 20.2 Å². The average molecular weight is 248 g/mol. The summed E-state index contributed by atoms with van der Waals surface area (Å²) < 4.78 is 5.47. The second kappa shape index (κ2) is 4.70. The van der Waals surface area contributed by atoms with Crippen molar-refractivity contribution >= 4 is 22.6 Å². The molecule has 5 nitrogen and oxygen atoms in total. The number of hydrogen-bond donors (Lipinski definition) is 2. The van der Waals surface area contributed by atoms with Gasteiger partial charge in [-0.3, -0.25) is 4.79 Å². The van der Waals surface area contributed by atoms with Crippen LogP contribution in [0.15, 0.2) is 28.7 Å². The number of furan rings is 1. The SMILES string of the molecule is CC(CO)N(C)C(=O)c1cc2cc(N)ccc2o1. The van der Waals surface area contributed by atoms with Crippen LogP contribution in [0.25, 0.3) is 11.0 Å². The molecule has 1 atom stereocenters. The topological polar surface area (TPSA) is 79.7 Å². The van der Waals surface area contributed by atoms with Gasteiger partial charge in [-0.05, 0) is 31.2 Å². The molecule has 1 aromatic heterocycles. The van der Waals surface area contributed by atoms with E-state index >= 15 is 0 Å². The molecular formula is C13H16N2O3. The number of fused-ring (bicyclic) bond motifs is 1. The van der Waals surface area contributed by atoms with Crippen molar-refractivity contribution in [3.63, 3.8) is 0 Å². The zero-order valence-corrected chi connectivity index (χ0v) is 10.4. The van der Waals surface area contributed by atoms with Gasteiger partial charge in [0.1, 0.15) is 5.58 Å². The maximum atomic E-state index is 12.1. The zero-order chi connectivity index (χ0) is 13.3. The Labute approximate surface area is 105 Å². The van der Waals surface area contributed by atoms with E-state index in [2.05, 4.69) is 0 Å². The van der Waals surface area contributed by atoms with Gasteiger partial charge in [0.15, 0.2) is 5.76 Å². The van der Waals surface area contributed by atoms with Crippen molar-refractivity contribution < 1.29 is 14.3 Å². The number of carbonyl (C=O) groups excluding carboxylic acids is 1. The molecule has 0 aliphatic heterocycles. The van der Waals surface area contributed by atoms with E-state index in [-0.39, 0.29) is 24.3 Å².